The first kappa shape index (κ1) is 17.0. The number of anilines is 3. The molecule has 0 bridgehead atoms. The van der Waals surface area contributed by atoms with Crippen molar-refractivity contribution in [2.24, 2.45) is 5.92 Å². The molecule has 0 amide bonds. The zero-order valence-corrected chi connectivity index (χ0v) is 13.6. The molecule has 2 heterocycles. The van der Waals surface area contributed by atoms with Crippen molar-refractivity contribution in [3.8, 4) is 0 Å². The number of nitrogens with one attached hydrogen (secondary N) is 1. The van der Waals surface area contributed by atoms with E-state index >= 15 is 0 Å². The Morgan fingerprint density at radius 3 is 2.68 bits per heavy atom. The Balaban J connectivity index is 1.98. The lowest BCUT2D eigenvalue weighted by molar-refractivity contribution is -0.383. The van der Waals surface area contributed by atoms with Crippen LogP contribution >= 0.6 is 0 Å². The van der Waals surface area contributed by atoms with E-state index < -0.39 is 16.6 Å². The largest absolute Gasteiger partial charge is 0.353 e. The van der Waals surface area contributed by atoms with Gasteiger partial charge < -0.3 is 10.2 Å². The number of nitrogens with zero attached hydrogens (tertiary/aromatic N) is 4. The van der Waals surface area contributed by atoms with Crippen LogP contribution in [0.2, 0.25) is 0 Å². The van der Waals surface area contributed by atoms with Gasteiger partial charge in [-0.15, -0.1) is 0 Å². The van der Waals surface area contributed by atoms with Gasteiger partial charge in [-0.3, -0.25) is 10.1 Å². The zero-order valence-electron chi connectivity index (χ0n) is 13.6. The van der Waals surface area contributed by atoms with Gasteiger partial charge in [-0.2, -0.15) is 0 Å². The van der Waals surface area contributed by atoms with Crippen LogP contribution in [0.4, 0.5) is 31.8 Å². The van der Waals surface area contributed by atoms with Gasteiger partial charge in [0.15, 0.2) is 0 Å². The van der Waals surface area contributed by atoms with Crippen LogP contribution in [0, 0.1) is 27.7 Å². The first-order valence-corrected chi connectivity index (χ1v) is 7.92. The van der Waals surface area contributed by atoms with Crippen LogP contribution in [0.5, 0.6) is 0 Å². The fourth-order valence-corrected chi connectivity index (χ4v) is 2.80. The number of aromatic nitrogens is 2. The van der Waals surface area contributed by atoms with Crippen LogP contribution in [0.3, 0.4) is 0 Å². The first-order valence-electron chi connectivity index (χ1n) is 7.92. The Kier molecular flexibility index (Phi) is 4.73. The average molecular weight is 349 g/mol. The summed E-state index contributed by atoms with van der Waals surface area (Å²) < 4.78 is 27.2. The van der Waals surface area contributed by atoms with Crippen LogP contribution in [-0.2, 0) is 0 Å². The summed E-state index contributed by atoms with van der Waals surface area (Å²) in [4.78, 5) is 20.7. The fourth-order valence-electron chi connectivity index (χ4n) is 2.80. The summed E-state index contributed by atoms with van der Waals surface area (Å²) in [5.41, 5.74) is -0.569. The molecule has 0 unspecified atom stereocenters. The summed E-state index contributed by atoms with van der Waals surface area (Å²) in [6, 6.07) is 2.83. The Morgan fingerprint density at radius 1 is 1.28 bits per heavy atom. The second-order valence-electron chi connectivity index (χ2n) is 6.07. The maximum atomic E-state index is 13.8. The second kappa shape index (κ2) is 6.96. The van der Waals surface area contributed by atoms with Crippen molar-refractivity contribution >= 4 is 23.0 Å². The van der Waals surface area contributed by atoms with Crippen molar-refractivity contribution in [2.45, 2.75) is 19.8 Å². The highest BCUT2D eigenvalue weighted by molar-refractivity contribution is 5.74. The van der Waals surface area contributed by atoms with Gasteiger partial charge in [0.1, 0.15) is 18.0 Å². The highest BCUT2D eigenvalue weighted by atomic mass is 19.1. The quantitative estimate of drug-likeness (QED) is 0.670. The molecule has 1 aliphatic heterocycles. The molecule has 0 atom stereocenters. The van der Waals surface area contributed by atoms with E-state index in [4.69, 9.17) is 0 Å². The zero-order chi connectivity index (χ0) is 18.0. The maximum Gasteiger partial charge on any atom is 0.353 e. The molecule has 0 spiro atoms. The second-order valence-corrected chi connectivity index (χ2v) is 6.07. The SMILES string of the molecule is CC1CCN(c2ncnc(Nc3cc(F)ccc3F)c2[N+](=O)[O-])CC1. The third kappa shape index (κ3) is 3.65. The molecule has 1 aliphatic rings. The summed E-state index contributed by atoms with van der Waals surface area (Å²) in [5, 5.41) is 14.1. The van der Waals surface area contributed by atoms with Gasteiger partial charge in [0, 0.05) is 19.2 Å². The Bertz CT molecular complexity index is 794. The molecule has 25 heavy (non-hydrogen) atoms. The van der Waals surface area contributed by atoms with Crippen LogP contribution in [-0.4, -0.2) is 28.0 Å². The molecular formula is C16H17F2N5O2. The van der Waals surface area contributed by atoms with E-state index in [-0.39, 0.29) is 23.0 Å². The standard InChI is InChI=1S/C16H17F2N5O2/c1-10-4-6-22(7-5-10)16-14(23(24)25)15(19-9-20-16)21-13-8-11(17)2-3-12(13)18/h2-3,8-10H,4-7H2,1H3,(H,19,20,21). The normalized spacial score (nSPS) is 15.2. The van der Waals surface area contributed by atoms with Crippen LogP contribution in [0.1, 0.15) is 19.8 Å². The van der Waals surface area contributed by atoms with Crippen molar-refractivity contribution in [3.63, 3.8) is 0 Å². The predicted molar refractivity (Wildman–Crippen MR) is 88.9 cm³/mol. The monoisotopic (exact) mass is 349 g/mol. The third-order valence-corrected chi connectivity index (χ3v) is 4.25. The molecule has 9 heteroatoms. The van der Waals surface area contributed by atoms with Crippen molar-refractivity contribution < 1.29 is 13.7 Å². The molecule has 0 radical (unpaired) electrons. The summed E-state index contributed by atoms with van der Waals surface area (Å²) in [5.74, 6) is -0.825. The van der Waals surface area contributed by atoms with Crippen molar-refractivity contribution in [2.75, 3.05) is 23.3 Å². The minimum absolute atomic E-state index is 0.168. The number of hydrogen-bond acceptors (Lipinski definition) is 6. The molecule has 2 aromatic rings. The summed E-state index contributed by atoms with van der Waals surface area (Å²) in [6.07, 6.45) is 2.99. The maximum absolute atomic E-state index is 13.8. The van der Waals surface area contributed by atoms with Gasteiger partial charge in [0.05, 0.1) is 10.6 Å². The van der Waals surface area contributed by atoms with Gasteiger partial charge in [-0.05, 0) is 30.9 Å². The van der Waals surface area contributed by atoms with E-state index in [1.54, 1.807) is 0 Å². The van der Waals surface area contributed by atoms with E-state index in [1.807, 2.05) is 4.90 Å². The third-order valence-electron chi connectivity index (χ3n) is 4.25. The van der Waals surface area contributed by atoms with E-state index in [0.29, 0.717) is 19.0 Å². The molecule has 3 rings (SSSR count). The van der Waals surface area contributed by atoms with Crippen LogP contribution in [0.15, 0.2) is 24.5 Å². The van der Waals surface area contributed by atoms with Crippen LogP contribution < -0.4 is 10.2 Å². The number of nitro groups is 1. The Morgan fingerprint density at radius 2 is 2.00 bits per heavy atom. The van der Waals surface area contributed by atoms with Gasteiger partial charge in [0.2, 0.25) is 11.6 Å². The van der Waals surface area contributed by atoms with Gasteiger partial charge in [-0.25, -0.2) is 18.7 Å². The number of halogens is 2. The van der Waals surface area contributed by atoms with Gasteiger partial charge >= 0.3 is 5.69 Å². The van der Waals surface area contributed by atoms with Gasteiger partial charge in [0.25, 0.3) is 0 Å². The molecule has 7 nitrogen and oxygen atoms in total. The summed E-state index contributed by atoms with van der Waals surface area (Å²) in [7, 11) is 0. The van der Waals surface area contributed by atoms with Crippen molar-refractivity contribution in [3.05, 3.63) is 46.3 Å². The number of benzene rings is 1. The van der Waals surface area contributed by atoms with Gasteiger partial charge in [-0.1, -0.05) is 6.92 Å². The fraction of sp³-hybridized carbons (Fsp3) is 0.375. The van der Waals surface area contributed by atoms with Crippen molar-refractivity contribution in [1.29, 1.82) is 0 Å². The summed E-state index contributed by atoms with van der Waals surface area (Å²) >= 11 is 0. The first-order chi connectivity index (χ1) is 12.0. The molecule has 132 valence electrons. The molecule has 1 saturated heterocycles. The predicted octanol–water partition coefficient (Wildman–Crippen LogP) is 3.64. The molecule has 1 fully saturated rings. The lowest BCUT2D eigenvalue weighted by atomic mass is 9.99. The van der Waals surface area contributed by atoms with E-state index in [0.717, 1.165) is 31.0 Å². The Hall–Kier alpha value is -2.84. The molecule has 1 aromatic heterocycles. The summed E-state index contributed by atoms with van der Waals surface area (Å²) in [6.45, 7) is 3.42. The van der Waals surface area contributed by atoms with E-state index in [1.165, 1.54) is 6.33 Å². The minimum atomic E-state index is -0.734. The minimum Gasteiger partial charge on any atom is -0.351 e. The average Bonchev–Trinajstić information content (AvgIpc) is 2.58. The smallest absolute Gasteiger partial charge is 0.351 e. The highest BCUT2D eigenvalue weighted by Crippen LogP contribution is 2.35. The number of rotatable bonds is 4. The highest BCUT2D eigenvalue weighted by Gasteiger charge is 2.29. The lowest BCUT2D eigenvalue weighted by Gasteiger charge is -2.30. The van der Waals surface area contributed by atoms with E-state index in [2.05, 4.69) is 22.2 Å². The number of hydrogen-bond donors (Lipinski definition) is 1. The van der Waals surface area contributed by atoms with Crippen molar-refractivity contribution in [1.82, 2.24) is 9.97 Å². The van der Waals surface area contributed by atoms with E-state index in [9.17, 15) is 18.9 Å². The molecular weight excluding hydrogens is 332 g/mol. The topological polar surface area (TPSA) is 84.2 Å². The Labute approximate surface area is 142 Å². The lowest BCUT2D eigenvalue weighted by Crippen LogP contribution is -2.34. The molecule has 1 N–H and O–H groups in total. The number of piperidine rings is 1. The van der Waals surface area contributed by atoms with Crippen LogP contribution in [0.25, 0.3) is 0 Å². The molecule has 0 saturated carbocycles. The molecule has 1 aromatic carbocycles. The molecule has 0 aliphatic carbocycles.